The first-order chi connectivity index (χ1) is 8.70. The SMILES string of the molecule is CCC(CC)CCCCCCCCCCC(C)C. The van der Waals surface area contributed by atoms with Crippen LogP contribution in [0.2, 0.25) is 0 Å². The lowest BCUT2D eigenvalue weighted by atomic mass is 9.95. The fourth-order valence-corrected chi connectivity index (χ4v) is 2.74. The largest absolute Gasteiger partial charge is 0.0651 e. The van der Waals surface area contributed by atoms with Gasteiger partial charge in [0.2, 0.25) is 0 Å². The number of hydrogen-bond acceptors (Lipinski definition) is 0. The third-order valence-corrected chi connectivity index (χ3v) is 4.30. The molecule has 0 amide bonds. The molecule has 0 rings (SSSR count). The maximum absolute atomic E-state index is 2.34. The predicted octanol–water partition coefficient (Wildman–Crippen LogP) is 6.98. The molecule has 0 N–H and O–H groups in total. The van der Waals surface area contributed by atoms with Crippen molar-refractivity contribution in [2.75, 3.05) is 0 Å². The number of rotatable bonds is 13. The van der Waals surface area contributed by atoms with Gasteiger partial charge in [-0.25, -0.2) is 0 Å². The summed E-state index contributed by atoms with van der Waals surface area (Å²) < 4.78 is 0. The Morgan fingerprint density at radius 1 is 0.556 bits per heavy atom. The molecule has 0 spiro atoms. The molecule has 0 unspecified atom stereocenters. The summed E-state index contributed by atoms with van der Waals surface area (Å²) >= 11 is 0. The predicted molar refractivity (Wildman–Crippen MR) is 85.1 cm³/mol. The van der Waals surface area contributed by atoms with E-state index in [4.69, 9.17) is 0 Å². The van der Waals surface area contributed by atoms with E-state index in [9.17, 15) is 0 Å². The van der Waals surface area contributed by atoms with Gasteiger partial charge in [0.25, 0.3) is 0 Å². The van der Waals surface area contributed by atoms with Crippen molar-refractivity contribution in [3.8, 4) is 0 Å². The van der Waals surface area contributed by atoms with Crippen molar-refractivity contribution in [3.05, 3.63) is 0 Å². The molecule has 0 fully saturated rings. The van der Waals surface area contributed by atoms with Crippen LogP contribution in [0.25, 0.3) is 0 Å². The summed E-state index contributed by atoms with van der Waals surface area (Å²) in [5.74, 6) is 1.90. The highest BCUT2D eigenvalue weighted by Gasteiger charge is 2.02. The number of hydrogen-bond donors (Lipinski definition) is 0. The molecule has 0 heteroatoms. The zero-order chi connectivity index (χ0) is 13.6. The topological polar surface area (TPSA) is 0 Å². The first kappa shape index (κ1) is 18.0. The molecule has 110 valence electrons. The maximum Gasteiger partial charge on any atom is -0.0420 e. The minimum atomic E-state index is 0.898. The standard InChI is InChI=1S/C18H38/c1-5-18(6-2)16-14-12-10-8-7-9-11-13-15-17(3)4/h17-18H,5-16H2,1-4H3. The molecule has 0 heterocycles. The molecule has 0 radical (unpaired) electrons. The molecule has 0 nitrogen and oxygen atoms in total. The van der Waals surface area contributed by atoms with Crippen molar-refractivity contribution in [2.45, 2.75) is 105 Å². The van der Waals surface area contributed by atoms with Gasteiger partial charge in [-0.1, -0.05) is 105 Å². The second-order valence-electron chi connectivity index (χ2n) is 6.48. The van der Waals surface area contributed by atoms with Crippen LogP contribution in [0, 0.1) is 11.8 Å². The zero-order valence-corrected chi connectivity index (χ0v) is 13.6. The summed E-state index contributed by atoms with van der Waals surface area (Å²) in [6.45, 7) is 9.34. The highest BCUT2D eigenvalue weighted by molar-refractivity contribution is 4.55. The summed E-state index contributed by atoms with van der Waals surface area (Å²) in [5.41, 5.74) is 0. The van der Waals surface area contributed by atoms with Crippen molar-refractivity contribution in [2.24, 2.45) is 11.8 Å². The summed E-state index contributed by atoms with van der Waals surface area (Å²) in [7, 11) is 0. The monoisotopic (exact) mass is 254 g/mol. The molecule has 0 aromatic rings. The van der Waals surface area contributed by atoms with Crippen LogP contribution in [0.3, 0.4) is 0 Å². The first-order valence-corrected chi connectivity index (χ1v) is 8.70. The lowest BCUT2D eigenvalue weighted by Gasteiger charge is -2.11. The van der Waals surface area contributed by atoms with E-state index in [-0.39, 0.29) is 0 Å². The van der Waals surface area contributed by atoms with E-state index >= 15 is 0 Å². The van der Waals surface area contributed by atoms with Crippen molar-refractivity contribution >= 4 is 0 Å². The fourth-order valence-electron chi connectivity index (χ4n) is 2.74. The van der Waals surface area contributed by atoms with E-state index in [1.807, 2.05) is 0 Å². The molecule has 0 aromatic carbocycles. The van der Waals surface area contributed by atoms with Crippen LogP contribution in [0.1, 0.15) is 105 Å². The van der Waals surface area contributed by atoms with Crippen LogP contribution >= 0.6 is 0 Å². The first-order valence-electron chi connectivity index (χ1n) is 8.70. The van der Waals surface area contributed by atoms with Crippen LogP contribution in [-0.2, 0) is 0 Å². The van der Waals surface area contributed by atoms with Crippen molar-refractivity contribution < 1.29 is 0 Å². The summed E-state index contributed by atoms with van der Waals surface area (Å²) in [5, 5.41) is 0. The van der Waals surface area contributed by atoms with E-state index in [0.29, 0.717) is 0 Å². The van der Waals surface area contributed by atoms with Gasteiger partial charge in [-0.3, -0.25) is 0 Å². The molecule has 0 bridgehead atoms. The summed E-state index contributed by atoms with van der Waals surface area (Å²) in [6, 6.07) is 0. The normalized spacial score (nSPS) is 11.7. The van der Waals surface area contributed by atoms with E-state index in [1.54, 1.807) is 0 Å². The van der Waals surface area contributed by atoms with Crippen molar-refractivity contribution in [3.63, 3.8) is 0 Å². The van der Waals surface area contributed by atoms with Crippen LogP contribution in [-0.4, -0.2) is 0 Å². The Morgan fingerprint density at radius 2 is 0.944 bits per heavy atom. The highest BCUT2D eigenvalue weighted by atomic mass is 14.1. The molecule has 0 saturated carbocycles. The van der Waals surface area contributed by atoms with Crippen LogP contribution in [0.4, 0.5) is 0 Å². The molecular weight excluding hydrogens is 216 g/mol. The van der Waals surface area contributed by atoms with Gasteiger partial charge in [0.05, 0.1) is 0 Å². The molecule has 0 aliphatic rings. The Kier molecular flexibility index (Phi) is 13.4. The molecular formula is C18H38. The average molecular weight is 255 g/mol. The second kappa shape index (κ2) is 13.4. The number of unbranched alkanes of at least 4 members (excludes halogenated alkanes) is 7. The quantitative estimate of drug-likeness (QED) is 0.311. The van der Waals surface area contributed by atoms with E-state index < -0.39 is 0 Å². The Balaban J connectivity index is 3.07. The Bertz CT molecular complexity index is 144. The van der Waals surface area contributed by atoms with Crippen molar-refractivity contribution in [1.29, 1.82) is 0 Å². The van der Waals surface area contributed by atoms with Gasteiger partial charge >= 0.3 is 0 Å². The van der Waals surface area contributed by atoms with Gasteiger partial charge < -0.3 is 0 Å². The summed E-state index contributed by atoms with van der Waals surface area (Å²) in [6.07, 6.45) is 17.4. The van der Waals surface area contributed by atoms with Gasteiger partial charge in [-0.15, -0.1) is 0 Å². The Morgan fingerprint density at radius 3 is 1.33 bits per heavy atom. The highest BCUT2D eigenvalue weighted by Crippen LogP contribution is 2.18. The van der Waals surface area contributed by atoms with E-state index in [2.05, 4.69) is 27.7 Å². The van der Waals surface area contributed by atoms with Gasteiger partial charge in [0, 0.05) is 0 Å². The lowest BCUT2D eigenvalue weighted by Crippen LogP contribution is -1.96. The minimum Gasteiger partial charge on any atom is -0.0651 e. The third-order valence-electron chi connectivity index (χ3n) is 4.30. The second-order valence-corrected chi connectivity index (χ2v) is 6.48. The smallest absolute Gasteiger partial charge is 0.0420 e. The van der Waals surface area contributed by atoms with E-state index in [0.717, 1.165) is 11.8 Å². The summed E-state index contributed by atoms with van der Waals surface area (Å²) in [4.78, 5) is 0. The fraction of sp³-hybridized carbons (Fsp3) is 1.00. The molecule has 18 heavy (non-hydrogen) atoms. The Labute approximate surface area is 117 Å². The molecule has 0 atom stereocenters. The van der Waals surface area contributed by atoms with Crippen LogP contribution in [0.15, 0.2) is 0 Å². The van der Waals surface area contributed by atoms with Crippen LogP contribution in [0.5, 0.6) is 0 Å². The minimum absolute atomic E-state index is 0.898. The Hall–Kier alpha value is 0. The maximum atomic E-state index is 2.34. The van der Waals surface area contributed by atoms with Gasteiger partial charge in [0.15, 0.2) is 0 Å². The zero-order valence-electron chi connectivity index (χ0n) is 13.6. The van der Waals surface area contributed by atoms with Crippen LogP contribution < -0.4 is 0 Å². The van der Waals surface area contributed by atoms with Gasteiger partial charge in [-0.2, -0.15) is 0 Å². The molecule has 0 aliphatic carbocycles. The molecule has 0 aliphatic heterocycles. The third kappa shape index (κ3) is 12.5. The lowest BCUT2D eigenvalue weighted by molar-refractivity contribution is 0.425. The average Bonchev–Trinajstić information content (AvgIpc) is 2.36. The van der Waals surface area contributed by atoms with E-state index in [1.165, 1.54) is 77.0 Å². The molecule has 0 saturated heterocycles. The van der Waals surface area contributed by atoms with Gasteiger partial charge in [0.1, 0.15) is 0 Å². The molecule has 0 aromatic heterocycles. The van der Waals surface area contributed by atoms with Crippen molar-refractivity contribution in [1.82, 2.24) is 0 Å². The van der Waals surface area contributed by atoms with Gasteiger partial charge in [-0.05, 0) is 11.8 Å².